The van der Waals surface area contributed by atoms with Crippen LogP contribution in [0, 0.1) is 22.7 Å². The molecular formula is C29H49N9O3. The molecule has 2 aromatic rings. The number of morpholine rings is 1. The lowest BCUT2D eigenvalue weighted by Crippen LogP contribution is -2.48. The molecule has 3 fully saturated rings. The van der Waals surface area contributed by atoms with Crippen molar-refractivity contribution in [3.05, 3.63) is 42.0 Å². The summed E-state index contributed by atoms with van der Waals surface area (Å²) in [4.78, 5) is 19.5. The Balaban J connectivity index is 0.000000259. The third-order valence-corrected chi connectivity index (χ3v) is 6.60. The van der Waals surface area contributed by atoms with E-state index in [1.54, 1.807) is 35.1 Å². The molecule has 12 nitrogen and oxygen atoms in total. The maximum Gasteiger partial charge on any atom is 0.248 e. The molecule has 3 aliphatic rings. The van der Waals surface area contributed by atoms with Crippen molar-refractivity contribution in [1.29, 1.82) is 10.5 Å². The average Bonchev–Trinajstić information content (AvgIpc) is 3.62. The molecule has 2 aromatic heterocycles. The zero-order valence-corrected chi connectivity index (χ0v) is 25.6. The number of hydrogen-bond acceptors (Lipinski definition) is 9. The summed E-state index contributed by atoms with van der Waals surface area (Å²) in [6, 6.07) is 5.77. The monoisotopic (exact) mass is 571 g/mol. The molecule has 0 bridgehead atoms. The van der Waals surface area contributed by atoms with Crippen LogP contribution in [0.2, 0.25) is 0 Å². The molecule has 0 atom stereocenters. The predicted molar refractivity (Wildman–Crippen MR) is 159 cm³/mol. The van der Waals surface area contributed by atoms with E-state index in [9.17, 15) is 4.79 Å². The zero-order chi connectivity index (χ0) is 30.5. The number of piperidine rings is 1. The van der Waals surface area contributed by atoms with E-state index in [0.29, 0.717) is 11.1 Å². The summed E-state index contributed by atoms with van der Waals surface area (Å²) in [6.07, 6.45) is 11.1. The van der Waals surface area contributed by atoms with Crippen LogP contribution in [0.3, 0.4) is 0 Å². The number of nitrogens with zero attached hydrogens (tertiary/aromatic N) is 9. The molecule has 228 valence electrons. The minimum atomic E-state index is -0.357. The van der Waals surface area contributed by atoms with Crippen LogP contribution in [0.15, 0.2) is 30.9 Å². The number of aliphatic hydroxyl groups is 1. The van der Waals surface area contributed by atoms with E-state index in [2.05, 4.69) is 33.9 Å². The predicted octanol–water partition coefficient (Wildman–Crippen LogP) is 0.992. The Morgan fingerprint density at radius 2 is 1.39 bits per heavy atom. The number of amides is 1. The highest BCUT2D eigenvalue weighted by Gasteiger charge is 2.17. The topological polar surface area (TPSA) is 130 Å². The second-order valence-corrected chi connectivity index (χ2v) is 10.3. The molecule has 3 saturated heterocycles. The number of piperazine rings is 1. The first-order valence-electron chi connectivity index (χ1n) is 14.1. The van der Waals surface area contributed by atoms with Gasteiger partial charge in [-0.25, -0.2) is 0 Å². The average molecular weight is 572 g/mol. The fraction of sp³-hybridized carbons (Fsp3) is 0.655. The molecular weight excluding hydrogens is 522 g/mol. The standard InChI is InChI=1S/C7H14N2O2.C6H6N2.C6H13N.C5H5N3.C5H11NO/c1-8-2-4-9(5-3-8)7(11)6-10;1-8-3-2-6(4-7)5-8;1-7-5-3-2-4-6-7;1-8-4-5(2-6)3-7-8;1-6-2-4-7-5-3-6/h10H,2-6H2,1H3;2-3,5H,1H3;2-6H2,1H3;3-4H,1H3;2-5H2,1H3. The fourth-order valence-electron chi connectivity index (χ4n) is 3.91. The van der Waals surface area contributed by atoms with Crippen molar-refractivity contribution in [1.82, 2.24) is 33.9 Å². The van der Waals surface area contributed by atoms with Crippen molar-refractivity contribution in [2.45, 2.75) is 19.3 Å². The lowest BCUT2D eigenvalue weighted by Gasteiger charge is -2.31. The molecule has 1 amide bonds. The number of rotatable bonds is 1. The highest BCUT2D eigenvalue weighted by Crippen LogP contribution is 2.04. The van der Waals surface area contributed by atoms with E-state index in [0.717, 1.165) is 52.5 Å². The van der Waals surface area contributed by atoms with E-state index >= 15 is 0 Å². The van der Waals surface area contributed by atoms with E-state index in [-0.39, 0.29) is 12.5 Å². The molecule has 5 rings (SSSR count). The van der Waals surface area contributed by atoms with Gasteiger partial charge < -0.3 is 34.0 Å². The van der Waals surface area contributed by atoms with Gasteiger partial charge in [-0.1, -0.05) is 6.42 Å². The van der Waals surface area contributed by atoms with Gasteiger partial charge in [-0.2, -0.15) is 15.6 Å². The Morgan fingerprint density at radius 1 is 0.829 bits per heavy atom. The minimum Gasteiger partial charge on any atom is -0.387 e. The normalized spacial score (nSPS) is 17.4. The first-order chi connectivity index (χ1) is 19.7. The van der Waals surface area contributed by atoms with Gasteiger partial charge in [-0.05, 0) is 53.1 Å². The first-order valence-corrected chi connectivity index (χ1v) is 14.1. The number of ether oxygens (including phenoxy) is 1. The molecule has 0 saturated carbocycles. The third kappa shape index (κ3) is 17.2. The van der Waals surface area contributed by atoms with Crippen LogP contribution in [-0.2, 0) is 23.6 Å². The first kappa shape index (κ1) is 35.8. The van der Waals surface area contributed by atoms with Crippen molar-refractivity contribution in [2.75, 3.05) is 93.3 Å². The van der Waals surface area contributed by atoms with Crippen LogP contribution >= 0.6 is 0 Å². The molecule has 0 spiro atoms. The zero-order valence-electron chi connectivity index (χ0n) is 25.6. The SMILES string of the molecule is CN1CCCCC1.CN1CCN(C(=O)CO)CC1.CN1CCOCC1.Cn1cc(C#N)cn1.Cn1ccc(C#N)c1. The summed E-state index contributed by atoms with van der Waals surface area (Å²) in [6.45, 7) is 9.61. The van der Waals surface area contributed by atoms with E-state index in [4.69, 9.17) is 20.4 Å². The molecule has 0 radical (unpaired) electrons. The van der Waals surface area contributed by atoms with Crippen molar-refractivity contribution < 1.29 is 14.6 Å². The number of aromatic nitrogens is 3. The number of aryl methyl sites for hydroxylation is 2. The van der Waals surface area contributed by atoms with E-state index < -0.39 is 0 Å². The fourth-order valence-corrected chi connectivity index (χ4v) is 3.91. The lowest BCUT2D eigenvalue weighted by molar-refractivity contribution is -0.135. The number of nitriles is 2. The Bertz CT molecular complexity index is 970. The molecule has 0 unspecified atom stereocenters. The van der Waals surface area contributed by atoms with Gasteiger partial charge in [0.05, 0.1) is 30.5 Å². The summed E-state index contributed by atoms with van der Waals surface area (Å²) < 4.78 is 8.54. The number of likely N-dealkylation sites (N-methyl/N-ethyl adjacent to an activating group) is 2. The van der Waals surface area contributed by atoms with Gasteiger partial charge in [0.15, 0.2) is 0 Å². The summed E-state index contributed by atoms with van der Waals surface area (Å²) in [5, 5.41) is 28.9. The highest BCUT2D eigenvalue weighted by atomic mass is 16.5. The van der Waals surface area contributed by atoms with Gasteiger partial charge in [-0.15, -0.1) is 0 Å². The van der Waals surface area contributed by atoms with Gasteiger partial charge in [0.25, 0.3) is 0 Å². The number of carbonyl (C=O) groups is 1. The van der Waals surface area contributed by atoms with Crippen molar-refractivity contribution in [3.8, 4) is 12.1 Å². The number of carbonyl (C=O) groups excluding carboxylic acids is 1. The lowest BCUT2D eigenvalue weighted by atomic mass is 10.1. The van der Waals surface area contributed by atoms with Gasteiger partial charge in [0.2, 0.25) is 5.91 Å². The van der Waals surface area contributed by atoms with Gasteiger partial charge in [-0.3, -0.25) is 9.48 Å². The van der Waals surface area contributed by atoms with Crippen LogP contribution in [-0.4, -0.2) is 138 Å². The van der Waals surface area contributed by atoms with Crippen LogP contribution in [0.1, 0.15) is 30.4 Å². The van der Waals surface area contributed by atoms with Gasteiger partial charge in [0.1, 0.15) is 18.7 Å². The molecule has 12 heteroatoms. The summed E-state index contributed by atoms with van der Waals surface area (Å²) >= 11 is 0. The van der Waals surface area contributed by atoms with E-state index in [1.807, 2.05) is 37.0 Å². The summed E-state index contributed by atoms with van der Waals surface area (Å²) in [5.41, 5.74) is 1.32. The van der Waals surface area contributed by atoms with Crippen LogP contribution in [0.5, 0.6) is 0 Å². The van der Waals surface area contributed by atoms with Crippen LogP contribution in [0.25, 0.3) is 0 Å². The van der Waals surface area contributed by atoms with E-state index in [1.165, 1.54) is 38.5 Å². The number of aliphatic hydroxyl groups excluding tert-OH is 1. The van der Waals surface area contributed by atoms with Gasteiger partial charge >= 0.3 is 0 Å². The Kier molecular flexibility index (Phi) is 18.7. The minimum absolute atomic E-state index is 0.155. The quantitative estimate of drug-likeness (QED) is 0.533. The smallest absolute Gasteiger partial charge is 0.248 e. The number of likely N-dealkylation sites (tertiary alicyclic amines) is 1. The summed E-state index contributed by atoms with van der Waals surface area (Å²) in [5.74, 6) is -0.155. The Labute approximate surface area is 245 Å². The maximum absolute atomic E-state index is 10.9. The molecule has 1 N–H and O–H groups in total. The number of hydrogen-bond donors (Lipinski definition) is 1. The van der Waals surface area contributed by atoms with Crippen molar-refractivity contribution >= 4 is 5.91 Å². The third-order valence-electron chi connectivity index (χ3n) is 6.60. The molecule has 41 heavy (non-hydrogen) atoms. The highest BCUT2D eigenvalue weighted by molar-refractivity contribution is 5.77. The maximum atomic E-state index is 10.9. The van der Waals surface area contributed by atoms with Gasteiger partial charge in [0, 0.05) is 72.0 Å². The second-order valence-electron chi connectivity index (χ2n) is 10.3. The second kappa shape index (κ2) is 21.5. The largest absolute Gasteiger partial charge is 0.387 e. The molecule has 0 aliphatic carbocycles. The summed E-state index contributed by atoms with van der Waals surface area (Å²) in [7, 11) is 10.0. The molecule has 3 aliphatic heterocycles. The van der Waals surface area contributed by atoms with Crippen LogP contribution < -0.4 is 0 Å². The van der Waals surface area contributed by atoms with Crippen molar-refractivity contribution in [2.24, 2.45) is 14.1 Å². The molecule has 5 heterocycles. The molecule has 0 aromatic carbocycles. The van der Waals surface area contributed by atoms with Crippen LogP contribution in [0.4, 0.5) is 0 Å². The van der Waals surface area contributed by atoms with Crippen molar-refractivity contribution in [3.63, 3.8) is 0 Å². The Hall–Kier alpha value is -3.26. The Morgan fingerprint density at radius 3 is 1.71 bits per heavy atom.